The van der Waals surface area contributed by atoms with E-state index in [1.807, 2.05) is 18.2 Å². The number of hydrogen-bond acceptors (Lipinski definition) is 4. The van der Waals surface area contributed by atoms with E-state index in [4.69, 9.17) is 5.26 Å². The molecule has 2 aromatic rings. The van der Waals surface area contributed by atoms with Crippen LogP contribution >= 0.6 is 0 Å². The average molecular weight is 304 g/mol. The lowest BCUT2D eigenvalue weighted by Gasteiger charge is -2.11. The van der Waals surface area contributed by atoms with E-state index in [1.54, 1.807) is 12.4 Å². The molecule has 1 fully saturated rings. The summed E-state index contributed by atoms with van der Waals surface area (Å²) in [5.41, 5.74) is 0.114. The number of alkyl halides is 3. The predicted molar refractivity (Wildman–Crippen MR) is 73.0 cm³/mol. The monoisotopic (exact) mass is 304 g/mol. The molecule has 0 aromatic carbocycles. The summed E-state index contributed by atoms with van der Waals surface area (Å²) in [4.78, 5) is 7.57. The highest BCUT2D eigenvalue weighted by Crippen LogP contribution is 2.42. The fraction of sp³-hybridized carbons (Fsp3) is 0.267. The number of aromatic nitrogens is 2. The highest BCUT2D eigenvalue weighted by Gasteiger charge is 2.40. The van der Waals surface area contributed by atoms with Crippen molar-refractivity contribution in [1.82, 2.24) is 9.97 Å². The molecule has 0 unspecified atom stereocenters. The van der Waals surface area contributed by atoms with Crippen LogP contribution in [-0.4, -0.2) is 16.0 Å². The third-order valence-corrected chi connectivity index (χ3v) is 3.53. The van der Waals surface area contributed by atoms with Gasteiger partial charge in [0, 0.05) is 24.4 Å². The Morgan fingerprint density at radius 1 is 1.27 bits per heavy atom. The minimum absolute atomic E-state index is 0.0197. The summed E-state index contributed by atoms with van der Waals surface area (Å²) in [6.45, 7) is 0. The van der Waals surface area contributed by atoms with Crippen LogP contribution in [0.4, 0.5) is 19.0 Å². The van der Waals surface area contributed by atoms with Gasteiger partial charge in [-0.25, -0.2) is 4.98 Å². The molecule has 0 saturated heterocycles. The maximum Gasteiger partial charge on any atom is 0.433 e. The number of pyridine rings is 2. The summed E-state index contributed by atoms with van der Waals surface area (Å²) in [7, 11) is 0. The first-order chi connectivity index (χ1) is 10.5. The molecule has 2 atom stereocenters. The van der Waals surface area contributed by atoms with Gasteiger partial charge in [-0.1, -0.05) is 6.07 Å². The number of hydrogen-bond donors (Lipinski definition) is 1. The summed E-state index contributed by atoms with van der Waals surface area (Å²) >= 11 is 0. The van der Waals surface area contributed by atoms with E-state index in [9.17, 15) is 13.2 Å². The highest BCUT2D eigenvalue weighted by atomic mass is 19.4. The van der Waals surface area contributed by atoms with E-state index in [2.05, 4.69) is 15.3 Å². The SMILES string of the molecule is N#Cc1ccc(C(F)(F)F)nc1N[C@H]1C[C@@H]1c1cccnc1. The zero-order valence-corrected chi connectivity index (χ0v) is 11.3. The van der Waals surface area contributed by atoms with Crippen molar-refractivity contribution in [1.29, 1.82) is 5.26 Å². The molecule has 112 valence electrons. The number of halogens is 3. The molecule has 2 aromatic heterocycles. The van der Waals surface area contributed by atoms with Crippen LogP contribution in [0.1, 0.15) is 29.2 Å². The number of nitrogens with zero attached hydrogens (tertiary/aromatic N) is 3. The molecular weight excluding hydrogens is 293 g/mol. The normalized spacial score (nSPS) is 20.3. The Labute approximate surface area is 124 Å². The maximum atomic E-state index is 12.7. The Kier molecular flexibility index (Phi) is 3.45. The van der Waals surface area contributed by atoms with E-state index >= 15 is 0 Å². The number of nitrogens with one attached hydrogen (secondary N) is 1. The van der Waals surface area contributed by atoms with Gasteiger partial charge < -0.3 is 5.32 Å². The molecule has 0 bridgehead atoms. The Hall–Kier alpha value is -2.62. The van der Waals surface area contributed by atoms with Crippen molar-refractivity contribution in [3.8, 4) is 6.07 Å². The first-order valence-electron chi connectivity index (χ1n) is 6.64. The lowest BCUT2D eigenvalue weighted by molar-refractivity contribution is -0.141. The van der Waals surface area contributed by atoms with Gasteiger partial charge in [0.2, 0.25) is 0 Å². The second kappa shape index (κ2) is 5.30. The molecule has 1 saturated carbocycles. The van der Waals surface area contributed by atoms with Crippen molar-refractivity contribution in [2.24, 2.45) is 0 Å². The predicted octanol–water partition coefficient (Wildman–Crippen LogP) is 3.34. The van der Waals surface area contributed by atoms with E-state index in [-0.39, 0.29) is 23.3 Å². The quantitative estimate of drug-likeness (QED) is 0.944. The summed E-state index contributed by atoms with van der Waals surface area (Å²) in [5.74, 6) is 0.158. The van der Waals surface area contributed by atoms with Crippen molar-refractivity contribution in [3.63, 3.8) is 0 Å². The Morgan fingerprint density at radius 2 is 2.09 bits per heavy atom. The topological polar surface area (TPSA) is 61.6 Å². The molecule has 0 amide bonds. The Morgan fingerprint density at radius 3 is 2.73 bits per heavy atom. The molecule has 1 aliphatic carbocycles. The molecule has 0 spiro atoms. The van der Waals surface area contributed by atoms with Gasteiger partial charge in [-0.3, -0.25) is 4.98 Å². The second-order valence-corrected chi connectivity index (χ2v) is 5.08. The number of rotatable bonds is 3. The maximum absolute atomic E-state index is 12.7. The fourth-order valence-electron chi connectivity index (χ4n) is 2.31. The van der Waals surface area contributed by atoms with Crippen molar-refractivity contribution in [2.75, 3.05) is 5.32 Å². The third-order valence-electron chi connectivity index (χ3n) is 3.53. The number of nitriles is 1. The lowest BCUT2D eigenvalue weighted by Crippen LogP contribution is -2.13. The molecule has 3 rings (SSSR count). The zero-order valence-electron chi connectivity index (χ0n) is 11.3. The molecule has 0 aliphatic heterocycles. The van der Waals surface area contributed by atoms with Crippen LogP contribution in [0.25, 0.3) is 0 Å². The summed E-state index contributed by atoms with van der Waals surface area (Å²) in [5, 5.41) is 11.9. The van der Waals surface area contributed by atoms with E-state index in [1.165, 1.54) is 0 Å². The van der Waals surface area contributed by atoms with Gasteiger partial charge in [0.1, 0.15) is 17.6 Å². The van der Waals surface area contributed by atoms with Gasteiger partial charge in [0.25, 0.3) is 0 Å². The molecule has 0 radical (unpaired) electrons. The molecule has 2 heterocycles. The molecule has 22 heavy (non-hydrogen) atoms. The van der Waals surface area contributed by atoms with E-state index in [0.717, 1.165) is 24.1 Å². The second-order valence-electron chi connectivity index (χ2n) is 5.08. The van der Waals surface area contributed by atoms with Crippen LogP contribution in [0.2, 0.25) is 0 Å². The van der Waals surface area contributed by atoms with Crippen LogP contribution in [0.15, 0.2) is 36.7 Å². The average Bonchev–Trinajstić information content (AvgIpc) is 3.26. The molecule has 1 N–H and O–H groups in total. The molecule has 7 heteroatoms. The van der Waals surface area contributed by atoms with Crippen LogP contribution in [0.5, 0.6) is 0 Å². The lowest BCUT2D eigenvalue weighted by atomic mass is 10.2. The van der Waals surface area contributed by atoms with Crippen LogP contribution in [0.3, 0.4) is 0 Å². The van der Waals surface area contributed by atoms with Crippen molar-refractivity contribution >= 4 is 5.82 Å². The van der Waals surface area contributed by atoms with Crippen LogP contribution in [-0.2, 0) is 6.18 Å². The van der Waals surface area contributed by atoms with Gasteiger partial charge in [-0.2, -0.15) is 18.4 Å². The molecule has 4 nitrogen and oxygen atoms in total. The van der Waals surface area contributed by atoms with Crippen LogP contribution < -0.4 is 5.32 Å². The minimum atomic E-state index is -4.53. The zero-order chi connectivity index (χ0) is 15.7. The smallest absolute Gasteiger partial charge is 0.366 e. The van der Waals surface area contributed by atoms with Gasteiger partial charge >= 0.3 is 6.18 Å². The van der Waals surface area contributed by atoms with E-state index < -0.39 is 11.9 Å². The molecule has 1 aliphatic rings. The Balaban J connectivity index is 1.80. The third kappa shape index (κ3) is 2.86. The largest absolute Gasteiger partial charge is 0.433 e. The van der Waals surface area contributed by atoms with Gasteiger partial charge in [-0.05, 0) is 30.2 Å². The standard InChI is InChI=1S/C15H11F3N4/c16-15(17,18)13-4-3-9(7-19)14(22-13)21-12-6-11(12)10-2-1-5-20-8-10/h1-5,8,11-12H,6H2,(H,21,22)/t11-,12+/m1/s1. The molecular formula is C15H11F3N4. The van der Waals surface area contributed by atoms with Crippen LogP contribution in [0, 0.1) is 11.3 Å². The first-order valence-corrected chi connectivity index (χ1v) is 6.64. The number of anilines is 1. The van der Waals surface area contributed by atoms with Gasteiger partial charge in [0.15, 0.2) is 0 Å². The summed E-state index contributed by atoms with van der Waals surface area (Å²) in [6.07, 6.45) is -0.362. The summed E-state index contributed by atoms with van der Waals surface area (Å²) in [6, 6.07) is 7.51. The van der Waals surface area contributed by atoms with Crippen molar-refractivity contribution in [2.45, 2.75) is 24.6 Å². The van der Waals surface area contributed by atoms with Gasteiger partial charge in [-0.15, -0.1) is 0 Å². The fourth-order valence-corrected chi connectivity index (χ4v) is 2.31. The first kappa shape index (κ1) is 14.3. The highest BCUT2D eigenvalue weighted by molar-refractivity contribution is 5.54. The van der Waals surface area contributed by atoms with Gasteiger partial charge in [0.05, 0.1) is 5.56 Å². The minimum Gasteiger partial charge on any atom is -0.366 e. The summed E-state index contributed by atoms with van der Waals surface area (Å²) < 4.78 is 38.2. The Bertz CT molecular complexity index is 722. The van der Waals surface area contributed by atoms with E-state index in [0.29, 0.717) is 0 Å². The van der Waals surface area contributed by atoms with Crippen molar-refractivity contribution < 1.29 is 13.2 Å². The van der Waals surface area contributed by atoms with Crippen molar-refractivity contribution in [3.05, 3.63) is 53.5 Å².